The van der Waals surface area contributed by atoms with Crippen molar-refractivity contribution in [3.63, 3.8) is 0 Å². The second kappa shape index (κ2) is 7.08. The van der Waals surface area contributed by atoms with Gasteiger partial charge in [0.25, 0.3) is 0 Å². The van der Waals surface area contributed by atoms with E-state index in [9.17, 15) is 4.79 Å². The highest BCUT2D eigenvalue weighted by Crippen LogP contribution is 2.44. The molecule has 0 heterocycles. The predicted octanol–water partition coefficient (Wildman–Crippen LogP) is 3.71. The molecule has 1 fully saturated rings. The monoisotopic (exact) mass is 290 g/mol. The topological polar surface area (TPSA) is 35.5 Å². The fourth-order valence-electron chi connectivity index (χ4n) is 3.19. The molecule has 2 atom stereocenters. The first kappa shape index (κ1) is 16.0. The highest BCUT2D eigenvalue weighted by molar-refractivity contribution is 5.84. The van der Waals surface area contributed by atoms with Crippen LogP contribution in [0, 0.1) is 5.92 Å². The molecule has 1 aliphatic carbocycles. The molecule has 0 radical (unpaired) electrons. The second-order valence-electron chi connectivity index (χ2n) is 6.17. The van der Waals surface area contributed by atoms with E-state index in [4.69, 9.17) is 9.47 Å². The number of carbonyl (C=O) groups is 1. The molecule has 1 saturated carbocycles. The Kier molecular flexibility index (Phi) is 5.40. The molecule has 116 valence electrons. The number of rotatable bonds is 6. The molecular formula is C18H26O3. The van der Waals surface area contributed by atoms with Crippen molar-refractivity contribution in [1.29, 1.82) is 0 Å². The summed E-state index contributed by atoms with van der Waals surface area (Å²) in [5.74, 6) is 0.215. The van der Waals surface area contributed by atoms with Crippen LogP contribution in [0.25, 0.3) is 0 Å². The van der Waals surface area contributed by atoms with Crippen LogP contribution < -0.4 is 0 Å². The van der Waals surface area contributed by atoms with Gasteiger partial charge in [0, 0.05) is 6.61 Å². The molecule has 1 aromatic rings. The fourth-order valence-corrected chi connectivity index (χ4v) is 3.19. The smallest absolute Gasteiger partial charge is 0.319 e. The quantitative estimate of drug-likeness (QED) is 0.749. The van der Waals surface area contributed by atoms with Crippen molar-refractivity contribution in [3.05, 3.63) is 35.9 Å². The molecule has 1 aliphatic rings. The first-order valence-electron chi connectivity index (χ1n) is 7.95. The van der Waals surface area contributed by atoms with Crippen molar-refractivity contribution in [2.24, 2.45) is 5.92 Å². The largest absolute Gasteiger partial charge is 0.465 e. The zero-order valence-electron chi connectivity index (χ0n) is 13.3. The third-order valence-corrected chi connectivity index (χ3v) is 4.16. The molecule has 2 rings (SSSR count). The molecule has 1 aromatic carbocycles. The van der Waals surface area contributed by atoms with Gasteiger partial charge in [-0.1, -0.05) is 44.2 Å². The summed E-state index contributed by atoms with van der Waals surface area (Å²) in [6.45, 7) is 7.17. The van der Waals surface area contributed by atoms with E-state index in [2.05, 4.69) is 13.8 Å². The Balaban J connectivity index is 2.32. The first-order valence-corrected chi connectivity index (χ1v) is 7.95. The standard InChI is InChI=1S/C18H26O3/c1-4-20-16-11-8-12-18(16,15-9-6-5-7-10-15)17(19)21-13-14(2)3/h5-7,9-10,14,16H,4,8,11-13H2,1-3H3. The van der Waals surface area contributed by atoms with Crippen LogP contribution in [-0.4, -0.2) is 25.3 Å². The maximum Gasteiger partial charge on any atom is 0.319 e. The Morgan fingerprint density at radius 1 is 1.33 bits per heavy atom. The summed E-state index contributed by atoms with van der Waals surface area (Å²) in [6.07, 6.45) is 2.64. The summed E-state index contributed by atoms with van der Waals surface area (Å²) in [5, 5.41) is 0. The van der Waals surface area contributed by atoms with Gasteiger partial charge in [0.1, 0.15) is 5.41 Å². The molecule has 3 nitrogen and oxygen atoms in total. The minimum atomic E-state index is -0.633. The number of esters is 1. The summed E-state index contributed by atoms with van der Waals surface area (Å²) in [5.41, 5.74) is 0.390. The molecule has 0 amide bonds. The van der Waals surface area contributed by atoms with Gasteiger partial charge >= 0.3 is 5.97 Å². The Bertz CT molecular complexity index is 455. The highest BCUT2D eigenvalue weighted by Gasteiger charge is 2.52. The lowest BCUT2D eigenvalue weighted by Crippen LogP contribution is -2.45. The van der Waals surface area contributed by atoms with Gasteiger partial charge in [-0.05, 0) is 37.7 Å². The third-order valence-electron chi connectivity index (χ3n) is 4.16. The van der Waals surface area contributed by atoms with E-state index in [1.807, 2.05) is 37.3 Å². The van der Waals surface area contributed by atoms with Crippen LogP contribution in [-0.2, 0) is 19.7 Å². The Labute approximate surface area is 127 Å². The van der Waals surface area contributed by atoms with Gasteiger partial charge in [-0.2, -0.15) is 0 Å². The zero-order valence-corrected chi connectivity index (χ0v) is 13.3. The molecule has 21 heavy (non-hydrogen) atoms. The maximum atomic E-state index is 12.9. The van der Waals surface area contributed by atoms with E-state index in [-0.39, 0.29) is 12.1 Å². The normalized spacial score (nSPS) is 25.2. The van der Waals surface area contributed by atoms with Gasteiger partial charge in [0.05, 0.1) is 12.7 Å². The minimum absolute atomic E-state index is 0.0791. The lowest BCUT2D eigenvalue weighted by Gasteiger charge is -2.33. The van der Waals surface area contributed by atoms with Crippen molar-refractivity contribution in [1.82, 2.24) is 0 Å². The summed E-state index contributed by atoms with van der Waals surface area (Å²) >= 11 is 0. The van der Waals surface area contributed by atoms with Crippen molar-refractivity contribution in [2.75, 3.05) is 13.2 Å². The highest BCUT2D eigenvalue weighted by atomic mass is 16.5. The average Bonchev–Trinajstić information content (AvgIpc) is 2.91. The number of ether oxygens (including phenoxy) is 2. The van der Waals surface area contributed by atoms with Crippen molar-refractivity contribution < 1.29 is 14.3 Å². The van der Waals surface area contributed by atoms with Crippen LogP contribution in [0.4, 0.5) is 0 Å². The molecule has 0 aromatic heterocycles. The SMILES string of the molecule is CCOC1CCCC1(C(=O)OCC(C)C)c1ccccc1. The van der Waals surface area contributed by atoms with E-state index in [1.54, 1.807) is 0 Å². The van der Waals surface area contributed by atoms with E-state index in [1.165, 1.54) is 0 Å². The van der Waals surface area contributed by atoms with E-state index < -0.39 is 5.41 Å². The molecule has 0 aliphatic heterocycles. The van der Waals surface area contributed by atoms with Gasteiger partial charge in [-0.15, -0.1) is 0 Å². The molecule has 2 unspecified atom stereocenters. The van der Waals surface area contributed by atoms with Gasteiger partial charge < -0.3 is 9.47 Å². The Hall–Kier alpha value is -1.35. The van der Waals surface area contributed by atoms with Crippen LogP contribution in [0.1, 0.15) is 45.6 Å². The molecule has 0 spiro atoms. The van der Waals surface area contributed by atoms with E-state index in [0.29, 0.717) is 19.1 Å². The van der Waals surface area contributed by atoms with Crippen molar-refractivity contribution >= 4 is 5.97 Å². The number of hydrogen-bond donors (Lipinski definition) is 0. The molecule has 0 bridgehead atoms. The van der Waals surface area contributed by atoms with Crippen molar-refractivity contribution in [3.8, 4) is 0 Å². The second-order valence-corrected chi connectivity index (χ2v) is 6.17. The van der Waals surface area contributed by atoms with Crippen molar-refractivity contribution in [2.45, 2.75) is 51.6 Å². The van der Waals surface area contributed by atoms with Crippen LogP contribution in [0.15, 0.2) is 30.3 Å². The van der Waals surface area contributed by atoms with Gasteiger partial charge in [-0.25, -0.2) is 0 Å². The number of benzene rings is 1. The molecule has 0 N–H and O–H groups in total. The van der Waals surface area contributed by atoms with Crippen LogP contribution in [0.5, 0.6) is 0 Å². The first-order chi connectivity index (χ1) is 10.1. The summed E-state index contributed by atoms with van der Waals surface area (Å²) in [6, 6.07) is 9.98. The van der Waals surface area contributed by atoms with Crippen LogP contribution in [0.3, 0.4) is 0 Å². The van der Waals surface area contributed by atoms with E-state index in [0.717, 1.165) is 24.8 Å². The Morgan fingerprint density at radius 3 is 2.67 bits per heavy atom. The molecule has 3 heteroatoms. The maximum absolute atomic E-state index is 12.9. The van der Waals surface area contributed by atoms with Gasteiger partial charge in [-0.3, -0.25) is 4.79 Å². The third kappa shape index (κ3) is 3.29. The average molecular weight is 290 g/mol. The number of carbonyl (C=O) groups excluding carboxylic acids is 1. The van der Waals surface area contributed by atoms with Crippen LogP contribution >= 0.6 is 0 Å². The summed E-state index contributed by atoms with van der Waals surface area (Å²) in [7, 11) is 0. The summed E-state index contributed by atoms with van der Waals surface area (Å²) < 4.78 is 11.5. The zero-order chi connectivity index (χ0) is 15.3. The van der Waals surface area contributed by atoms with Gasteiger partial charge in [0.2, 0.25) is 0 Å². The van der Waals surface area contributed by atoms with Gasteiger partial charge in [0.15, 0.2) is 0 Å². The van der Waals surface area contributed by atoms with E-state index >= 15 is 0 Å². The van der Waals surface area contributed by atoms with Crippen LogP contribution in [0.2, 0.25) is 0 Å². The lowest BCUT2D eigenvalue weighted by molar-refractivity contribution is -0.157. The fraction of sp³-hybridized carbons (Fsp3) is 0.611. The predicted molar refractivity (Wildman–Crippen MR) is 83.2 cm³/mol. The minimum Gasteiger partial charge on any atom is -0.465 e. The summed E-state index contributed by atoms with van der Waals surface area (Å²) in [4.78, 5) is 12.9. The lowest BCUT2D eigenvalue weighted by atomic mass is 9.77. The molecular weight excluding hydrogens is 264 g/mol. The Morgan fingerprint density at radius 2 is 2.05 bits per heavy atom. The molecule has 0 saturated heterocycles. The number of hydrogen-bond acceptors (Lipinski definition) is 3.